The van der Waals surface area contributed by atoms with E-state index in [1.54, 1.807) is 31.2 Å². The Bertz CT molecular complexity index is 1440. The maximum Gasteiger partial charge on any atom is 0.168 e. The Balaban J connectivity index is 1.60. The molecule has 4 aromatic rings. The summed E-state index contributed by atoms with van der Waals surface area (Å²) < 4.78 is 74.2. The van der Waals surface area contributed by atoms with Crippen molar-refractivity contribution in [3.8, 4) is 44.5 Å². The Morgan fingerprint density at radius 3 is 1.94 bits per heavy atom. The van der Waals surface area contributed by atoms with E-state index in [1.807, 2.05) is 6.92 Å². The Hall–Kier alpha value is -3.47. The molecular weight excluding hydrogens is 431 g/mol. The molecule has 1 aliphatic carbocycles. The molecule has 0 fully saturated rings. The number of rotatable bonds is 4. The summed E-state index contributed by atoms with van der Waals surface area (Å²) in [5.41, 5.74) is 2.05. The van der Waals surface area contributed by atoms with Gasteiger partial charge in [-0.3, -0.25) is 0 Å². The van der Waals surface area contributed by atoms with Crippen LogP contribution in [-0.2, 0) is 6.42 Å². The Kier molecular flexibility index (Phi) is 5.08. The standard InChI is InChI=1S/C28H19F5/c1-3-4-15-6-10-19-20-13-21(27(32)28(33)25(20)24(19)26(15)31)18-9-7-16(12-23(18)30)17-8-5-14(2)11-22(17)29/h5-13H,3-4H2,1-2H3. The van der Waals surface area contributed by atoms with Crippen LogP contribution in [0.5, 0.6) is 0 Å². The summed E-state index contributed by atoms with van der Waals surface area (Å²) in [4.78, 5) is 0. The van der Waals surface area contributed by atoms with Gasteiger partial charge in [-0.05, 0) is 59.4 Å². The number of hydrogen-bond donors (Lipinski definition) is 0. The first kappa shape index (κ1) is 21.4. The fourth-order valence-electron chi connectivity index (χ4n) is 4.52. The van der Waals surface area contributed by atoms with Gasteiger partial charge in [-0.2, -0.15) is 0 Å². The van der Waals surface area contributed by atoms with Crippen molar-refractivity contribution in [3.63, 3.8) is 0 Å². The molecule has 166 valence electrons. The average Bonchev–Trinajstić information content (AvgIpc) is 2.76. The van der Waals surface area contributed by atoms with Crippen molar-refractivity contribution in [1.29, 1.82) is 0 Å². The monoisotopic (exact) mass is 450 g/mol. The Labute approximate surface area is 188 Å². The zero-order valence-electron chi connectivity index (χ0n) is 18.0. The van der Waals surface area contributed by atoms with Crippen molar-refractivity contribution >= 4 is 0 Å². The Morgan fingerprint density at radius 1 is 0.576 bits per heavy atom. The minimum absolute atomic E-state index is 0.0737. The first-order valence-electron chi connectivity index (χ1n) is 10.7. The lowest BCUT2D eigenvalue weighted by Crippen LogP contribution is -2.10. The van der Waals surface area contributed by atoms with Gasteiger partial charge < -0.3 is 0 Å². The van der Waals surface area contributed by atoms with Crippen LogP contribution in [0.1, 0.15) is 24.5 Å². The highest BCUT2D eigenvalue weighted by molar-refractivity contribution is 6.04. The van der Waals surface area contributed by atoms with Gasteiger partial charge in [0.1, 0.15) is 17.5 Å². The zero-order chi connectivity index (χ0) is 23.4. The summed E-state index contributed by atoms with van der Waals surface area (Å²) in [6, 6.07) is 13.1. The molecule has 5 heteroatoms. The van der Waals surface area contributed by atoms with Crippen LogP contribution < -0.4 is 0 Å². The predicted octanol–water partition coefficient (Wildman–Crippen LogP) is 8.62. The van der Waals surface area contributed by atoms with Crippen molar-refractivity contribution in [2.45, 2.75) is 26.7 Å². The normalized spacial score (nSPS) is 11.7. The van der Waals surface area contributed by atoms with E-state index in [1.165, 1.54) is 24.3 Å². The summed E-state index contributed by atoms with van der Waals surface area (Å²) in [6.07, 6.45) is 1.22. The molecule has 0 aliphatic heterocycles. The second-order valence-electron chi connectivity index (χ2n) is 8.36. The summed E-state index contributed by atoms with van der Waals surface area (Å²) in [6.45, 7) is 3.65. The zero-order valence-corrected chi connectivity index (χ0v) is 18.0. The Morgan fingerprint density at radius 2 is 1.24 bits per heavy atom. The first-order valence-corrected chi connectivity index (χ1v) is 10.7. The van der Waals surface area contributed by atoms with Crippen molar-refractivity contribution in [3.05, 3.63) is 94.8 Å². The third-order valence-corrected chi connectivity index (χ3v) is 6.18. The summed E-state index contributed by atoms with van der Waals surface area (Å²) in [5, 5.41) is 0. The van der Waals surface area contributed by atoms with E-state index in [9.17, 15) is 8.78 Å². The van der Waals surface area contributed by atoms with Gasteiger partial charge in [-0.15, -0.1) is 0 Å². The number of fused-ring (bicyclic) bond motifs is 4. The number of aryl methyl sites for hydroxylation is 2. The van der Waals surface area contributed by atoms with Gasteiger partial charge in [0.25, 0.3) is 0 Å². The smallest absolute Gasteiger partial charge is 0.168 e. The molecule has 5 rings (SSSR count). The third kappa shape index (κ3) is 3.26. The fourth-order valence-corrected chi connectivity index (χ4v) is 4.52. The molecule has 4 aromatic carbocycles. The lowest BCUT2D eigenvalue weighted by atomic mass is 9.77. The number of benzene rings is 4. The third-order valence-electron chi connectivity index (χ3n) is 6.18. The van der Waals surface area contributed by atoms with Gasteiger partial charge in [-0.25, -0.2) is 22.0 Å². The van der Waals surface area contributed by atoms with E-state index in [4.69, 9.17) is 0 Å². The molecule has 0 spiro atoms. The SMILES string of the molecule is CCCc1ccc2c(c1F)-c1c-2cc(-c2ccc(-c3ccc(C)cc3F)cc2F)c(F)c1F. The fraction of sp³-hybridized carbons (Fsp3) is 0.143. The molecule has 0 heterocycles. The molecule has 0 radical (unpaired) electrons. The highest BCUT2D eigenvalue weighted by Gasteiger charge is 2.34. The van der Waals surface area contributed by atoms with Crippen LogP contribution in [0.25, 0.3) is 44.5 Å². The largest absolute Gasteiger partial charge is 0.206 e. The molecule has 0 unspecified atom stereocenters. The van der Waals surface area contributed by atoms with Crippen molar-refractivity contribution < 1.29 is 22.0 Å². The van der Waals surface area contributed by atoms with Crippen LogP contribution in [0.4, 0.5) is 22.0 Å². The van der Waals surface area contributed by atoms with Crippen LogP contribution in [0.3, 0.4) is 0 Å². The molecule has 0 N–H and O–H groups in total. The highest BCUT2D eigenvalue weighted by atomic mass is 19.2. The van der Waals surface area contributed by atoms with Crippen LogP contribution in [-0.4, -0.2) is 0 Å². The summed E-state index contributed by atoms with van der Waals surface area (Å²) in [5.74, 6) is -4.29. The minimum Gasteiger partial charge on any atom is -0.206 e. The minimum atomic E-state index is -1.24. The molecule has 0 aromatic heterocycles. The first-order chi connectivity index (χ1) is 15.8. The van der Waals surface area contributed by atoms with E-state index < -0.39 is 29.1 Å². The second-order valence-corrected chi connectivity index (χ2v) is 8.36. The van der Waals surface area contributed by atoms with Gasteiger partial charge in [-0.1, -0.05) is 49.7 Å². The molecule has 0 nitrogen and oxygen atoms in total. The number of hydrogen-bond acceptors (Lipinski definition) is 0. The maximum atomic E-state index is 15.0. The lowest BCUT2D eigenvalue weighted by molar-refractivity contribution is 0.511. The highest BCUT2D eigenvalue weighted by Crippen LogP contribution is 2.53. The van der Waals surface area contributed by atoms with E-state index >= 15 is 13.2 Å². The van der Waals surface area contributed by atoms with Crippen LogP contribution >= 0.6 is 0 Å². The van der Waals surface area contributed by atoms with E-state index in [-0.39, 0.29) is 33.4 Å². The van der Waals surface area contributed by atoms with Crippen molar-refractivity contribution in [1.82, 2.24) is 0 Å². The summed E-state index contributed by atoms with van der Waals surface area (Å²) >= 11 is 0. The van der Waals surface area contributed by atoms with Crippen molar-refractivity contribution in [2.24, 2.45) is 0 Å². The number of halogens is 5. The second kappa shape index (κ2) is 7.84. The van der Waals surface area contributed by atoms with Gasteiger partial charge in [0.15, 0.2) is 11.6 Å². The quantitative estimate of drug-likeness (QED) is 0.240. The van der Waals surface area contributed by atoms with E-state index in [2.05, 4.69) is 0 Å². The molecule has 1 aliphatic rings. The lowest BCUT2D eigenvalue weighted by Gasteiger charge is -2.27. The molecule has 0 atom stereocenters. The average molecular weight is 450 g/mol. The molecule has 0 bridgehead atoms. The van der Waals surface area contributed by atoms with Gasteiger partial charge >= 0.3 is 0 Å². The maximum absolute atomic E-state index is 15.0. The van der Waals surface area contributed by atoms with E-state index in [0.29, 0.717) is 23.1 Å². The van der Waals surface area contributed by atoms with Crippen LogP contribution in [0, 0.1) is 36.0 Å². The molecular formula is C28H19F5. The van der Waals surface area contributed by atoms with Gasteiger partial charge in [0.05, 0.1) is 0 Å². The molecule has 33 heavy (non-hydrogen) atoms. The van der Waals surface area contributed by atoms with Crippen LogP contribution in [0.2, 0.25) is 0 Å². The van der Waals surface area contributed by atoms with E-state index in [0.717, 1.165) is 18.1 Å². The predicted molar refractivity (Wildman–Crippen MR) is 120 cm³/mol. The van der Waals surface area contributed by atoms with Crippen molar-refractivity contribution in [2.75, 3.05) is 0 Å². The topological polar surface area (TPSA) is 0 Å². The van der Waals surface area contributed by atoms with Gasteiger partial charge in [0.2, 0.25) is 0 Å². The summed E-state index contributed by atoms with van der Waals surface area (Å²) in [7, 11) is 0. The van der Waals surface area contributed by atoms with Crippen LogP contribution in [0.15, 0.2) is 54.6 Å². The molecule has 0 saturated heterocycles. The molecule has 0 amide bonds. The van der Waals surface area contributed by atoms with Gasteiger partial charge in [0, 0.05) is 27.8 Å². The molecule has 0 saturated carbocycles.